The van der Waals surface area contributed by atoms with Crippen molar-refractivity contribution in [3.05, 3.63) is 95.6 Å². The second-order valence-corrected chi connectivity index (χ2v) is 8.62. The molecule has 3 N–H and O–H groups in total. The molecule has 7 nitrogen and oxygen atoms in total. The van der Waals surface area contributed by atoms with E-state index in [2.05, 4.69) is 22.8 Å². The van der Waals surface area contributed by atoms with E-state index in [0.717, 1.165) is 27.8 Å². The van der Waals surface area contributed by atoms with Crippen molar-refractivity contribution >= 4 is 18.0 Å². The quantitative estimate of drug-likeness (QED) is 0.435. The van der Waals surface area contributed by atoms with Gasteiger partial charge in [0, 0.05) is 5.92 Å². The van der Waals surface area contributed by atoms with Crippen LogP contribution in [-0.2, 0) is 20.7 Å². The number of hydrogen-bond acceptors (Lipinski definition) is 4. The van der Waals surface area contributed by atoms with Gasteiger partial charge in [0.15, 0.2) is 0 Å². The van der Waals surface area contributed by atoms with Gasteiger partial charge in [-0.3, -0.25) is 9.59 Å². The maximum absolute atomic E-state index is 12.8. The highest BCUT2D eigenvalue weighted by Crippen LogP contribution is 2.44. The highest BCUT2D eigenvalue weighted by molar-refractivity contribution is 5.89. The van der Waals surface area contributed by atoms with Crippen LogP contribution in [0.1, 0.15) is 36.0 Å². The zero-order valence-corrected chi connectivity index (χ0v) is 19.4. The van der Waals surface area contributed by atoms with Crippen molar-refractivity contribution in [2.24, 2.45) is 0 Å². The first-order valence-corrected chi connectivity index (χ1v) is 11.6. The van der Waals surface area contributed by atoms with E-state index < -0.39 is 30.1 Å². The van der Waals surface area contributed by atoms with Crippen molar-refractivity contribution in [1.82, 2.24) is 10.6 Å². The number of amides is 2. The summed E-state index contributed by atoms with van der Waals surface area (Å²) in [6.45, 7) is 1.50. The molecule has 2 atom stereocenters. The van der Waals surface area contributed by atoms with E-state index in [0.29, 0.717) is 12.8 Å². The zero-order chi connectivity index (χ0) is 24.8. The van der Waals surface area contributed by atoms with Gasteiger partial charge in [-0.2, -0.15) is 0 Å². The molecule has 0 aromatic heterocycles. The van der Waals surface area contributed by atoms with E-state index in [-0.39, 0.29) is 12.5 Å². The molecule has 1 aliphatic rings. The molecule has 4 rings (SSSR count). The van der Waals surface area contributed by atoms with Gasteiger partial charge in [-0.25, -0.2) is 4.79 Å². The van der Waals surface area contributed by atoms with Gasteiger partial charge in [0.25, 0.3) is 0 Å². The molecule has 0 fully saturated rings. The Morgan fingerprint density at radius 3 is 2.03 bits per heavy atom. The van der Waals surface area contributed by atoms with Gasteiger partial charge in [-0.05, 0) is 47.6 Å². The number of carboxylic acid groups (broad SMARTS) is 1. The maximum atomic E-state index is 12.8. The Balaban J connectivity index is 1.42. The van der Waals surface area contributed by atoms with Crippen LogP contribution in [0.3, 0.4) is 0 Å². The van der Waals surface area contributed by atoms with E-state index in [9.17, 15) is 14.4 Å². The minimum absolute atomic E-state index is 0.100. The molecule has 0 saturated heterocycles. The van der Waals surface area contributed by atoms with Crippen LogP contribution in [0.2, 0.25) is 0 Å². The number of hydrogen-bond donors (Lipinski definition) is 3. The van der Waals surface area contributed by atoms with Crippen LogP contribution in [0, 0.1) is 0 Å². The number of fused-ring (bicyclic) bond motifs is 3. The molecule has 2 amide bonds. The molecule has 3 aromatic rings. The Hall–Kier alpha value is -4.13. The number of benzene rings is 3. The van der Waals surface area contributed by atoms with E-state index >= 15 is 0 Å². The monoisotopic (exact) mass is 472 g/mol. The fourth-order valence-corrected chi connectivity index (χ4v) is 4.38. The summed E-state index contributed by atoms with van der Waals surface area (Å²) in [5.41, 5.74) is 5.44. The van der Waals surface area contributed by atoms with Crippen LogP contribution in [0.4, 0.5) is 4.79 Å². The second kappa shape index (κ2) is 10.9. The van der Waals surface area contributed by atoms with Crippen LogP contribution >= 0.6 is 0 Å². The predicted octanol–water partition coefficient (Wildman–Crippen LogP) is 4.12. The largest absolute Gasteiger partial charge is 0.480 e. The van der Waals surface area contributed by atoms with Gasteiger partial charge in [0.2, 0.25) is 5.91 Å². The minimum Gasteiger partial charge on any atom is -0.480 e. The van der Waals surface area contributed by atoms with Crippen molar-refractivity contribution in [1.29, 1.82) is 0 Å². The lowest BCUT2D eigenvalue weighted by Crippen LogP contribution is -2.51. The molecule has 0 saturated carbocycles. The third-order valence-electron chi connectivity index (χ3n) is 6.25. The number of rotatable bonds is 9. The van der Waals surface area contributed by atoms with Crippen molar-refractivity contribution in [3.63, 3.8) is 0 Å². The number of nitrogens with one attached hydrogen (secondary N) is 2. The number of alkyl carbamates (subject to hydrolysis) is 1. The topological polar surface area (TPSA) is 105 Å². The second-order valence-electron chi connectivity index (χ2n) is 8.62. The lowest BCUT2D eigenvalue weighted by Gasteiger charge is -2.21. The Labute approximate surface area is 204 Å². The van der Waals surface area contributed by atoms with Crippen molar-refractivity contribution in [2.75, 3.05) is 6.61 Å². The van der Waals surface area contributed by atoms with Crippen molar-refractivity contribution < 1.29 is 24.2 Å². The maximum Gasteiger partial charge on any atom is 0.407 e. The van der Waals surface area contributed by atoms with Crippen molar-refractivity contribution in [3.8, 4) is 11.1 Å². The Bertz CT molecular complexity index is 1170. The molecule has 7 heteroatoms. The van der Waals surface area contributed by atoms with Crippen molar-refractivity contribution in [2.45, 2.75) is 37.8 Å². The van der Waals surface area contributed by atoms with E-state index in [1.165, 1.54) is 6.92 Å². The summed E-state index contributed by atoms with van der Waals surface area (Å²) in [7, 11) is 0. The summed E-state index contributed by atoms with van der Waals surface area (Å²) in [4.78, 5) is 36.7. The fourth-order valence-electron chi connectivity index (χ4n) is 4.38. The third kappa shape index (κ3) is 5.69. The lowest BCUT2D eigenvalue weighted by molar-refractivity contribution is -0.141. The number of carboxylic acids is 1. The first-order chi connectivity index (χ1) is 16.9. The molecule has 0 unspecified atom stereocenters. The molecule has 3 aromatic carbocycles. The fraction of sp³-hybridized carbons (Fsp3) is 0.250. The SMILES string of the molecule is C[C@@H](NC(=O)[C@H](CCc1ccccc1)NC(=O)OCC1c2ccccc2-c2ccccc21)C(=O)O. The molecule has 35 heavy (non-hydrogen) atoms. The Kier molecular flexibility index (Phi) is 7.45. The molecular weight excluding hydrogens is 444 g/mol. The zero-order valence-electron chi connectivity index (χ0n) is 19.4. The number of aliphatic carboxylic acids is 1. The first kappa shape index (κ1) is 24.0. The number of carbonyl (C=O) groups is 3. The van der Waals surface area contributed by atoms with Gasteiger partial charge < -0.3 is 20.5 Å². The van der Waals surface area contributed by atoms with E-state index in [1.807, 2.05) is 66.7 Å². The average molecular weight is 473 g/mol. The number of aryl methyl sites for hydroxylation is 1. The minimum atomic E-state index is -1.15. The lowest BCUT2D eigenvalue weighted by atomic mass is 9.98. The van der Waals surface area contributed by atoms with E-state index in [1.54, 1.807) is 0 Å². The van der Waals surface area contributed by atoms with Crippen LogP contribution < -0.4 is 10.6 Å². The molecule has 180 valence electrons. The summed E-state index contributed by atoms with van der Waals surface area (Å²) >= 11 is 0. The summed E-state index contributed by atoms with van der Waals surface area (Å²) in [6.07, 6.45) is 0.110. The molecule has 1 aliphatic carbocycles. The smallest absolute Gasteiger partial charge is 0.407 e. The van der Waals surface area contributed by atoms with Crippen LogP contribution in [0.5, 0.6) is 0 Å². The molecule has 0 spiro atoms. The van der Waals surface area contributed by atoms with Crippen LogP contribution in [0.15, 0.2) is 78.9 Å². The number of carbonyl (C=O) groups excluding carboxylic acids is 2. The van der Waals surface area contributed by atoms with E-state index in [4.69, 9.17) is 9.84 Å². The standard InChI is InChI=1S/C28H28N2O5/c1-18(27(32)33)29-26(31)25(16-15-19-9-3-2-4-10-19)30-28(34)35-17-24-22-13-7-5-11-20(22)21-12-6-8-14-23(21)24/h2-14,18,24-25H,15-17H2,1H3,(H,29,31)(H,30,34)(H,32,33)/t18-,25+/m1/s1. The summed E-state index contributed by atoms with van der Waals surface area (Å²) < 4.78 is 5.58. The Morgan fingerprint density at radius 1 is 0.857 bits per heavy atom. The van der Waals surface area contributed by atoms with Gasteiger partial charge >= 0.3 is 12.1 Å². The average Bonchev–Trinajstić information content (AvgIpc) is 3.19. The molecule has 0 aliphatic heterocycles. The van der Waals surface area contributed by atoms with Crippen LogP contribution in [-0.4, -0.2) is 41.8 Å². The molecule has 0 bridgehead atoms. The Morgan fingerprint density at radius 2 is 1.43 bits per heavy atom. The molecular formula is C28H28N2O5. The van der Waals surface area contributed by atoms with Gasteiger partial charge in [-0.15, -0.1) is 0 Å². The highest BCUT2D eigenvalue weighted by Gasteiger charge is 2.30. The molecule has 0 heterocycles. The predicted molar refractivity (Wildman–Crippen MR) is 132 cm³/mol. The molecule has 0 radical (unpaired) electrons. The van der Waals surface area contributed by atoms with Gasteiger partial charge in [-0.1, -0.05) is 78.9 Å². The summed E-state index contributed by atoms with van der Waals surface area (Å²) in [5.74, 6) is -1.82. The first-order valence-electron chi connectivity index (χ1n) is 11.6. The van der Waals surface area contributed by atoms with Gasteiger partial charge in [0.1, 0.15) is 18.7 Å². The summed E-state index contributed by atoms with van der Waals surface area (Å²) in [5, 5.41) is 14.2. The summed E-state index contributed by atoms with van der Waals surface area (Å²) in [6, 6.07) is 23.6. The third-order valence-corrected chi connectivity index (χ3v) is 6.25. The number of ether oxygens (including phenoxy) is 1. The van der Waals surface area contributed by atoms with Gasteiger partial charge in [0.05, 0.1) is 0 Å². The highest BCUT2D eigenvalue weighted by atomic mass is 16.5. The normalized spacial score (nSPS) is 13.7. The van der Waals surface area contributed by atoms with Crippen LogP contribution in [0.25, 0.3) is 11.1 Å².